The van der Waals surface area contributed by atoms with Crippen LogP contribution in [0.4, 0.5) is 4.39 Å². The second kappa shape index (κ2) is 6.86. The minimum absolute atomic E-state index is 0.211. The van der Waals surface area contributed by atoms with Crippen molar-refractivity contribution in [1.29, 1.82) is 0 Å². The Morgan fingerprint density at radius 3 is 2.65 bits per heavy atom. The smallest absolute Gasteiger partial charge is 0.132 e. The molecule has 1 atom stereocenters. The van der Waals surface area contributed by atoms with Gasteiger partial charge in [0, 0.05) is 22.1 Å². The molecule has 4 heteroatoms. The molecule has 0 radical (unpaired) electrons. The summed E-state index contributed by atoms with van der Waals surface area (Å²) in [7, 11) is 1.92. The number of para-hydroxylation sites is 1. The lowest BCUT2D eigenvalue weighted by atomic mass is 10.0. The van der Waals surface area contributed by atoms with Gasteiger partial charge in [0.05, 0.1) is 0 Å². The van der Waals surface area contributed by atoms with Crippen molar-refractivity contribution in [3.8, 4) is 11.5 Å². The summed E-state index contributed by atoms with van der Waals surface area (Å²) in [5.41, 5.74) is 1.07. The first-order valence-electron chi connectivity index (χ1n) is 6.54. The topological polar surface area (TPSA) is 21.3 Å². The number of nitrogens with one attached hydrogen (secondary N) is 1. The number of benzene rings is 2. The number of hydrogen-bond donors (Lipinski definition) is 1. The van der Waals surface area contributed by atoms with Crippen LogP contribution in [0.3, 0.4) is 0 Å². The highest BCUT2D eigenvalue weighted by molar-refractivity contribution is 9.10. The number of ether oxygens (including phenoxy) is 1. The summed E-state index contributed by atoms with van der Waals surface area (Å²) in [6.07, 6.45) is 0.948. The Kier molecular flexibility index (Phi) is 5.15. The van der Waals surface area contributed by atoms with Crippen molar-refractivity contribution < 1.29 is 9.13 Å². The molecule has 106 valence electrons. The van der Waals surface area contributed by atoms with Crippen LogP contribution in [0.1, 0.15) is 24.9 Å². The van der Waals surface area contributed by atoms with Gasteiger partial charge in [0.25, 0.3) is 0 Å². The van der Waals surface area contributed by atoms with E-state index in [1.54, 1.807) is 6.07 Å². The van der Waals surface area contributed by atoms with Crippen LogP contribution < -0.4 is 10.1 Å². The molecule has 0 heterocycles. The molecule has 0 aromatic heterocycles. The molecule has 0 fully saturated rings. The highest BCUT2D eigenvalue weighted by atomic mass is 79.9. The van der Waals surface area contributed by atoms with Gasteiger partial charge in [0.2, 0.25) is 0 Å². The van der Waals surface area contributed by atoms with E-state index in [4.69, 9.17) is 4.74 Å². The van der Waals surface area contributed by atoms with E-state index in [9.17, 15) is 4.39 Å². The Morgan fingerprint density at radius 1 is 1.25 bits per heavy atom. The molecule has 2 nitrogen and oxygen atoms in total. The SMILES string of the molecule is CCC(NC)c1ccccc1Oc1cc(F)cc(Br)c1. The molecule has 0 spiro atoms. The van der Waals surface area contributed by atoms with Gasteiger partial charge in [0.15, 0.2) is 0 Å². The maximum Gasteiger partial charge on any atom is 0.132 e. The third-order valence-electron chi connectivity index (χ3n) is 3.12. The van der Waals surface area contributed by atoms with Crippen molar-refractivity contribution in [2.24, 2.45) is 0 Å². The fourth-order valence-electron chi connectivity index (χ4n) is 2.16. The Balaban J connectivity index is 2.33. The summed E-state index contributed by atoms with van der Waals surface area (Å²) in [6.45, 7) is 2.11. The van der Waals surface area contributed by atoms with Crippen LogP contribution in [0, 0.1) is 5.82 Å². The summed E-state index contributed by atoms with van der Waals surface area (Å²) in [4.78, 5) is 0. The fourth-order valence-corrected chi connectivity index (χ4v) is 2.60. The van der Waals surface area contributed by atoms with Crippen LogP contribution >= 0.6 is 15.9 Å². The second-order valence-electron chi connectivity index (χ2n) is 4.49. The molecule has 0 aliphatic carbocycles. The van der Waals surface area contributed by atoms with Gasteiger partial charge < -0.3 is 10.1 Å². The lowest BCUT2D eigenvalue weighted by Gasteiger charge is -2.18. The van der Waals surface area contributed by atoms with Crippen LogP contribution in [0.5, 0.6) is 11.5 Å². The summed E-state index contributed by atoms with van der Waals surface area (Å²) < 4.78 is 19.9. The third kappa shape index (κ3) is 3.58. The second-order valence-corrected chi connectivity index (χ2v) is 5.41. The zero-order chi connectivity index (χ0) is 14.5. The van der Waals surface area contributed by atoms with Crippen LogP contribution in [-0.4, -0.2) is 7.05 Å². The van der Waals surface area contributed by atoms with Gasteiger partial charge in [-0.05, 0) is 31.7 Å². The van der Waals surface area contributed by atoms with E-state index in [0.29, 0.717) is 10.2 Å². The molecule has 2 aromatic rings. The molecule has 1 N–H and O–H groups in total. The fraction of sp³-hybridized carbons (Fsp3) is 0.250. The van der Waals surface area contributed by atoms with E-state index in [1.807, 2.05) is 31.3 Å². The molecular weight excluding hydrogens is 321 g/mol. The summed E-state index contributed by atoms with van der Waals surface area (Å²) in [5, 5.41) is 3.25. The van der Waals surface area contributed by atoms with E-state index in [-0.39, 0.29) is 11.9 Å². The summed E-state index contributed by atoms with van der Waals surface area (Å²) in [5.74, 6) is 0.897. The molecule has 1 unspecified atom stereocenters. The zero-order valence-electron chi connectivity index (χ0n) is 11.5. The normalized spacial score (nSPS) is 12.2. The van der Waals surface area contributed by atoms with Crippen molar-refractivity contribution in [2.75, 3.05) is 7.05 Å². The van der Waals surface area contributed by atoms with Crippen molar-refractivity contribution in [3.63, 3.8) is 0 Å². The van der Waals surface area contributed by atoms with E-state index >= 15 is 0 Å². The molecule has 0 aliphatic heterocycles. The first-order chi connectivity index (χ1) is 9.63. The molecule has 0 saturated carbocycles. The lowest BCUT2D eigenvalue weighted by molar-refractivity contribution is 0.454. The third-order valence-corrected chi connectivity index (χ3v) is 3.57. The van der Waals surface area contributed by atoms with Crippen LogP contribution in [0.25, 0.3) is 0 Å². The monoisotopic (exact) mass is 337 g/mol. The molecule has 0 saturated heterocycles. The molecule has 20 heavy (non-hydrogen) atoms. The van der Waals surface area contributed by atoms with Gasteiger partial charge in [-0.1, -0.05) is 41.1 Å². The highest BCUT2D eigenvalue weighted by Gasteiger charge is 2.13. The van der Waals surface area contributed by atoms with Gasteiger partial charge in [-0.2, -0.15) is 0 Å². The number of rotatable bonds is 5. The standard InChI is InChI=1S/C16H17BrFNO/c1-3-15(19-2)14-6-4-5-7-16(14)20-13-9-11(17)8-12(18)10-13/h4-10,15,19H,3H2,1-2H3. The van der Waals surface area contributed by atoms with Gasteiger partial charge in [-0.25, -0.2) is 4.39 Å². The minimum Gasteiger partial charge on any atom is -0.457 e. The average Bonchev–Trinajstić information content (AvgIpc) is 2.41. The Labute approximate surface area is 127 Å². The van der Waals surface area contributed by atoms with Crippen molar-refractivity contribution in [3.05, 3.63) is 58.3 Å². The Morgan fingerprint density at radius 2 is 2.00 bits per heavy atom. The first kappa shape index (κ1) is 15.0. The van der Waals surface area contributed by atoms with Crippen molar-refractivity contribution in [2.45, 2.75) is 19.4 Å². The van der Waals surface area contributed by atoms with Gasteiger partial charge >= 0.3 is 0 Å². The van der Waals surface area contributed by atoms with Gasteiger partial charge in [-0.15, -0.1) is 0 Å². The summed E-state index contributed by atoms with van der Waals surface area (Å²) >= 11 is 3.27. The van der Waals surface area contributed by atoms with E-state index in [1.165, 1.54) is 12.1 Å². The Hall–Kier alpha value is -1.39. The predicted octanol–water partition coefficient (Wildman–Crippen LogP) is 5.05. The van der Waals surface area contributed by atoms with Crippen LogP contribution in [0.15, 0.2) is 46.9 Å². The van der Waals surface area contributed by atoms with Crippen molar-refractivity contribution in [1.82, 2.24) is 5.32 Å². The van der Waals surface area contributed by atoms with E-state index in [0.717, 1.165) is 17.7 Å². The van der Waals surface area contributed by atoms with E-state index < -0.39 is 0 Å². The van der Waals surface area contributed by atoms with E-state index in [2.05, 4.69) is 28.2 Å². The molecule has 0 bridgehead atoms. The van der Waals surface area contributed by atoms with Crippen LogP contribution in [-0.2, 0) is 0 Å². The minimum atomic E-state index is -0.326. The maximum atomic E-state index is 13.4. The molecule has 0 amide bonds. The van der Waals surface area contributed by atoms with Crippen molar-refractivity contribution >= 4 is 15.9 Å². The number of halogens is 2. The van der Waals surface area contributed by atoms with Crippen LogP contribution in [0.2, 0.25) is 0 Å². The summed E-state index contributed by atoms with van der Waals surface area (Å²) in [6, 6.07) is 12.5. The zero-order valence-corrected chi connectivity index (χ0v) is 13.1. The average molecular weight is 338 g/mol. The number of hydrogen-bond acceptors (Lipinski definition) is 2. The first-order valence-corrected chi connectivity index (χ1v) is 7.33. The molecule has 2 rings (SSSR count). The molecular formula is C16H17BrFNO. The molecule has 2 aromatic carbocycles. The predicted molar refractivity (Wildman–Crippen MR) is 82.7 cm³/mol. The maximum absolute atomic E-state index is 13.4. The molecule has 0 aliphatic rings. The quantitative estimate of drug-likeness (QED) is 0.824. The highest BCUT2D eigenvalue weighted by Crippen LogP contribution is 2.32. The Bertz CT molecular complexity index is 564. The lowest BCUT2D eigenvalue weighted by Crippen LogP contribution is -2.15. The largest absolute Gasteiger partial charge is 0.457 e. The van der Waals surface area contributed by atoms with Gasteiger partial charge in [-0.3, -0.25) is 0 Å². The van der Waals surface area contributed by atoms with Gasteiger partial charge in [0.1, 0.15) is 17.3 Å².